The van der Waals surface area contributed by atoms with Gasteiger partial charge in [-0.15, -0.1) is 0 Å². The second-order valence-electron chi connectivity index (χ2n) is 3.81. The minimum atomic E-state index is -0.486. The van der Waals surface area contributed by atoms with Gasteiger partial charge in [0.1, 0.15) is 17.8 Å². The molecule has 0 aliphatic carbocycles. The minimum absolute atomic E-state index is 0.107. The molecule has 0 amide bonds. The van der Waals surface area contributed by atoms with Crippen molar-refractivity contribution in [2.45, 2.75) is 6.92 Å². The van der Waals surface area contributed by atoms with Crippen molar-refractivity contribution < 1.29 is 13.9 Å². The molecule has 100 valence electrons. The lowest BCUT2D eigenvalue weighted by Crippen LogP contribution is -2.02. The molecule has 0 aliphatic rings. The van der Waals surface area contributed by atoms with Crippen LogP contribution in [0.2, 0.25) is 0 Å². The summed E-state index contributed by atoms with van der Waals surface area (Å²) in [5, 5.41) is 2.88. The molecule has 0 atom stereocenters. The fraction of sp³-hybridized carbons (Fsp3) is 0.231. The van der Waals surface area contributed by atoms with Crippen LogP contribution in [0.15, 0.2) is 24.5 Å². The van der Waals surface area contributed by atoms with E-state index in [2.05, 4.69) is 15.3 Å². The molecule has 0 radical (unpaired) electrons. The van der Waals surface area contributed by atoms with Crippen LogP contribution in [0.3, 0.4) is 0 Å². The molecule has 0 spiro atoms. The Bertz CT molecular complexity index is 590. The second-order valence-corrected chi connectivity index (χ2v) is 3.81. The van der Waals surface area contributed by atoms with Crippen molar-refractivity contribution in [3.63, 3.8) is 0 Å². The molecule has 0 unspecified atom stereocenters. The summed E-state index contributed by atoms with van der Waals surface area (Å²) >= 11 is 0. The van der Waals surface area contributed by atoms with E-state index in [1.165, 1.54) is 13.4 Å². The lowest BCUT2D eigenvalue weighted by Gasteiger charge is -2.12. The van der Waals surface area contributed by atoms with Crippen molar-refractivity contribution >= 4 is 11.5 Å². The summed E-state index contributed by atoms with van der Waals surface area (Å²) in [6, 6.07) is 5.18. The van der Waals surface area contributed by atoms with E-state index in [0.29, 0.717) is 17.2 Å². The smallest absolute Gasteiger partial charge is 0.186 e. The Morgan fingerprint density at radius 2 is 1.95 bits per heavy atom. The first-order valence-electron chi connectivity index (χ1n) is 5.62. The van der Waals surface area contributed by atoms with Crippen molar-refractivity contribution in [1.82, 2.24) is 9.97 Å². The maximum absolute atomic E-state index is 13.8. The monoisotopic (exact) mass is 263 g/mol. The fourth-order valence-corrected chi connectivity index (χ4v) is 1.57. The molecule has 1 N–H and O–H groups in total. The van der Waals surface area contributed by atoms with Crippen molar-refractivity contribution in [3.8, 4) is 11.5 Å². The Kier molecular flexibility index (Phi) is 3.79. The number of aryl methyl sites for hydroxylation is 1. The number of aromatic nitrogens is 2. The summed E-state index contributed by atoms with van der Waals surface area (Å²) in [5.74, 6) is 0.813. The lowest BCUT2D eigenvalue weighted by molar-refractivity contribution is 0.395. The van der Waals surface area contributed by atoms with E-state index < -0.39 is 5.82 Å². The van der Waals surface area contributed by atoms with Gasteiger partial charge in [0.05, 0.1) is 25.6 Å². The molecule has 0 fully saturated rings. The third-order valence-corrected chi connectivity index (χ3v) is 2.63. The van der Waals surface area contributed by atoms with Crippen molar-refractivity contribution in [1.29, 1.82) is 0 Å². The molecule has 0 aliphatic heterocycles. The number of nitrogens with one attached hydrogen (secondary N) is 1. The zero-order valence-corrected chi connectivity index (χ0v) is 10.9. The molecule has 2 rings (SSSR count). The van der Waals surface area contributed by atoms with Crippen LogP contribution in [0.4, 0.5) is 15.9 Å². The van der Waals surface area contributed by atoms with Crippen LogP contribution >= 0.6 is 0 Å². The molecule has 5 nitrogen and oxygen atoms in total. The van der Waals surface area contributed by atoms with Gasteiger partial charge in [-0.05, 0) is 19.1 Å². The van der Waals surface area contributed by atoms with E-state index in [1.807, 2.05) is 0 Å². The van der Waals surface area contributed by atoms with Crippen LogP contribution in [0, 0.1) is 12.7 Å². The Hall–Kier alpha value is -2.37. The number of hydrogen-bond acceptors (Lipinski definition) is 5. The summed E-state index contributed by atoms with van der Waals surface area (Å²) in [7, 11) is 3.09. The van der Waals surface area contributed by atoms with Crippen molar-refractivity contribution in [3.05, 3.63) is 36.0 Å². The van der Waals surface area contributed by atoms with Gasteiger partial charge >= 0.3 is 0 Å². The predicted molar refractivity (Wildman–Crippen MR) is 69.6 cm³/mol. The predicted octanol–water partition coefficient (Wildman–Crippen LogP) is 2.68. The molecule has 19 heavy (non-hydrogen) atoms. The van der Waals surface area contributed by atoms with Gasteiger partial charge in [-0.25, -0.2) is 14.4 Å². The van der Waals surface area contributed by atoms with Gasteiger partial charge in [0, 0.05) is 6.07 Å². The number of hydrogen-bond donors (Lipinski definition) is 1. The van der Waals surface area contributed by atoms with E-state index in [9.17, 15) is 4.39 Å². The third-order valence-electron chi connectivity index (χ3n) is 2.63. The lowest BCUT2D eigenvalue weighted by atomic mass is 10.2. The number of nitrogens with zero attached hydrogens (tertiary/aromatic N) is 2. The van der Waals surface area contributed by atoms with Crippen LogP contribution in [0.5, 0.6) is 11.5 Å². The summed E-state index contributed by atoms with van der Waals surface area (Å²) in [6.45, 7) is 1.58. The summed E-state index contributed by atoms with van der Waals surface area (Å²) in [5.41, 5.74) is 0.880. The van der Waals surface area contributed by atoms with Crippen LogP contribution in [0.25, 0.3) is 0 Å². The SMILES string of the molecule is COc1ccc(Nc2ncnc(C)c2F)c(OC)c1. The fourth-order valence-electron chi connectivity index (χ4n) is 1.57. The molecule has 1 heterocycles. The van der Waals surface area contributed by atoms with Crippen molar-refractivity contribution in [2.24, 2.45) is 0 Å². The number of halogens is 1. The molecular weight excluding hydrogens is 249 g/mol. The van der Waals surface area contributed by atoms with Gasteiger partial charge in [-0.3, -0.25) is 0 Å². The molecule has 1 aromatic heterocycles. The van der Waals surface area contributed by atoms with Crippen LogP contribution in [0.1, 0.15) is 5.69 Å². The number of anilines is 2. The summed E-state index contributed by atoms with van der Waals surface area (Å²) in [4.78, 5) is 7.64. The quantitative estimate of drug-likeness (QED) is 0.919. The van der Waals surface area contributed by atoms with E-state index in [4.69, 9.17) is 9.47 Å². The first kappa shape index (κ1) is 13.1. The van der Waals surface area contributed by atoms with E-state index in [1.54, 1.807) is 32.2 Å². The molecular formula is C13H14FN3O2. The highest BCUT2D eigenvalue weighted by atomic mass is 19.1. The van der Waals surface area contributed by atoms with Crippen LogP contribution in [-0.4, -0.2) is 24.2 Å². The Morgan fingerprint density at radius 3 is 2.63 bits per heavy atom. The normalized spacial score (nSPS) is 10.1. The highest BCUT2D eigenvalue weighted by Gasteiger charge is 2.11. The molecule has 0 bridgehead atoms. The Balaban J connectivity index is 2.35. The standard InChI is InChI=1S/C13H14FN3O2/c1-8-12(14)13(16-7-15-8)17-10-5-4-9(18-2)6-11(10)19-3/h4-7H,1-3H3,(H,15,16,17). The molecule has 1 aromatic carbocycles. The number of methoxy groups -OCH3 is 2. The van der Waals surface area contributed by atoms with E-state index in [-0.39, 0.29) is 11.5 Å². The molecule has 0 saturated heterocycles. The maximum atomic E-state index is 13.8. The van der Waals surface area contributed by atoms with Gasteiger partial charge in [0.25, 0.3) is 0 Å². The van der Waals surface area contributed by atoms with Gasteiger partial charge < -0.3 is 14.8 Å². The van der Waals surface area contributed by atoms with Gasteiger partial charge in [-0.2, -0.15) is 0 Å². The van der Waals surface area contributed by atoms with Crippen LogP contribution < -0.4 is 14.8 Å². The average Bonchev–Trinajstić information content (AvgIpc) is 2.44. The molecule has 0 saturated carbocycles. The van der Waals surface area contributed by atoms with Crippen molar-refractivity contribution in [2.75, 3.05) is 19.5 Å². The Morgan fingerprint density at radius 1 is 1.16 bits per heavy atom. The highest BCUT2D eigenvalue weighted by Crippen LogP contribution is 2.31. The average molecular weight is 263 g/mol. The Labute approximate surface area is 110 Å². The first-order chi connectivity index (χ1) is 9.15. The minimum Gasteiger partial charge on any atom is -0.497 e. The summed E-state index contributed by atoms with van der Waals surface area (Å²) < 4.78 is 24.1. The largest absolute Gasteiger partial charge is 0.497 e. The molecule has 2 aromatic rings. The molecule has 6 heteroatoms. The highest BCUT2D eigenvalue weighted by molar-refractivity contribution is 5.66. The van der Waals surface area contributed by atoms with Gasteiger partial charge in [-0.1, -0.05) is 0 Å². The van der Waals surface area contributed by atoms with Gasteiger partial charge in [0.15, 0.2) is 11.6 Å². The van der Waals surface area contributed by atoms with E-state index in [0.717, 1.165) is 0 Å². The topological polar surface area (TPSA) is 56.3 Å². The van der Waals surface area contributed by atoms with Crippen LogP contribution in [-0.2, 0) is 0 Å². The number of benzene rings is 1. The zero-order chi connectivity index (χ0) is 13.8. The first-order valence-corrected chi connectivity index (χ1v) is 5.62. The second kappa shape index (κ2) is 5.51. The zero-order valence-electron chi connectivity index (χ0n) is 10.9. The maximum Gasteiger partial charge on any atom is 0.186 e. The number of ether oxygens (including phenoxy) is 2. The summed E-state index contributed by atoms with van der Waals surface area (Å²) in [6.07, 6.45) is 1.30. The van der Waals surface area contributed by atoms with Gasteiger partial charge in [0.2, 0.25) is 0 Å². The number of rotatable bonds is 4. The third kappa shape index (κ3) is 2.73. The van der Waals surface area contributed by atoms with E-state index >= 15 is 0 Å².